The summed E-state index contributed by atoms with van der Waals surface area (Å²) in [5, 5.41) is 11.0. The van der Waals surface area contributed by atoms with E-state index in [4.69, 9.17) is 16.3 Å². The quantitative estimate of drug-likeness (QED) is 0.0901. The van der Waals surface area contributed by atoms with Gasteiger partial charge in [0.25, 0.3) is 0 Å². The summed E-state index contributed by atoms with van der Waals surface area (Å²) < 4.78 is 6.50. The lowest BCUT2D eigenvalue weighted by atomic mass is 10.1. The van der Waals surface area contributed by atoms with Gasteiger partial charge in [-0.2, -0.15) is 0 Å². The Hall–Kier alpha value is -1.26. The molecule has 0 aromatic heterocycles. The van der Waals surface area contributed by atoms with Gasteiger partial charge in [0, 0.05) is 5.02 Å². The summed E-state index contributed by atoms with van der Waals surface area (Å²) in [6, 6.07) is 4.99. The van der Waals surface area contributed by atoms with Gasteiger partial charge in [0.2, 0.25) is 0 Å². The normalized spacial score (nSPS) is 12.1. The fourth-order valence-corrected chi connectivity index (χ4v) is 5.37. The van der Waals surface area contributed by atoms with Gasteiger partial charge in [-0.05, 0) is 76.1 Å². The van der Waals surface area contributed by atoms with Gasteiger partial charge >= 0.3 is 0 Å². The second kappa shape index (κ2) is 25.5. The summed E-state index contributed by atoms with van der Waals surface area (Å²) in [5.41, 5.74) is 0.797. The second-order valence-corrected chi connectivity index (χ2v) is 12.5. The molecule has 0 N–H and O–H groups in total. The van der Waals surface area contributed by atoms with Crippen molar-refractivity contribution in [1.29, 1.82) is 0 Å². The second-order valence-electron chi connectivity index (χ2n) is 12.1. The number of hydrogen-bond donors (Lipinski definition) is 0. The zero-order valence-electron chi connectivity index (χ0n) is 27.2. The molecule has 0 saturated heterocycles. The molecule has 0 aliphatic rings. The Morgan fingerprint density at radius 3 is 1.48 bits per heavy atom. The van der Waals surface area contributed by atoms with E-state index in [-0.39, 0.29) is 0 Å². The van der Waals surface area contributed by atoms with E-state index in [0.717, 1.165) is 5.56 Å². The monoisotopic (exact) mass is 581 g/mol. The number of aliphatic carboxylic acids is 1. The Labute approximate surface area is 253 Å². The number of carboxylic acids is 1. The van der Waals surface area contributed by atoms with E-state index in [1.807, 2.05) is 0 Å². The van der Waals surface area contributed by atoms with Crippen molar-refractivity contribution in [2.24, 2.45) is 0 Å². The average molecular weight is 582 g/mol. The summed E-state index contributed by atoms with van der Waals surface area (Å²) >= 11 is 5.73. The molecule has 5 heteroatoms. The van der Waals surface area contributed by atoms with E-state index in [9.17, 15) is 9.90 Å². The predicted molar refractivity (Wildman–Crippen MR) is 172 cm³/mol. The molecule has 0 saturated carbocycles. The highest BCUT2D eigenvalue weighted by atomic mass is 35.5. The molecule has 1 atom stereocenters. The molecule has 1 rings (SSSR count). The maximum atomic E-state index is 10.4. The minimum Gasteiger partial charge on any atom is -0.546 e. The smallest absolute Gasteiger partial charge is 0.135 e. The number of hydrogen-bond acceptors (Lipinski definition) is 3. The van der Waals surface area contributed by atoms with Crippen LogP contribution in [0.15, 0.2) is 18.2 Å². The number of rotatable bonds is 24. The van der Waals surface area contributed by atoms with Crippen molar-refractivity contribution < 1.29 is 19.1 Å². The zero-order chi connectivity index (χ0) is 30.1. The third kappa shape index (κ3) is 21.5. The molecule has 1 aromatic carbocycles. The fourth-order valence-electron chi connectivity index (χ4n) is 5.14. The van der Waals surface area contributed by atoms with Crippen LogP contribution in [0.4, 0.5) is 0 Å². The standard InChI is InChI=1S/C25H54N.C10H11ClO3/c1-5-8-11-14-17-20-23-26(4,24-21-18-15-12-9-6-2)25-22-19-16-13-10-7-3;1-6-5-8(11)3-4-9(6)14-7(2)10(12)13/h5-25H2,1-4H3;3-5,7H,1-2H3,(H,12,13)/q+1;/p-1. The van der Waals surface area contributed by atoms with Crippen LogP contribution >= 0.6 is 11.6 Å². The van der Waals surface area contributed by atoms with Gasteiger partial charge in [-0.25, -0.2) is 0 Å². The largest absolute Gasteiger partial charge is 0.546 e. The Balaban J connectivity index is 0.000000906. The van der Waals surface area contributed by atoms with Crippen molar-refractivity contribution in [3.05, 3.63) is 28.8 Å². The van der Waals surface area contributed by atoms with Crippen LogP contribution < -0.4 is 9.84 Å². The topological polar surface area (TPSA) is 49.4 Å². The van der Waals surface area contributed by atoms with Crippen molar-refractivity contribution >= 4 is 17.6 Å². The van der Waals surface area contributed by atoms with Gasteiger partial charge < -0.3 is 19.1 Å². The van der Waals surface area contributed by atoms with Gasteiger partial charge in [0.1, 0.15) is 11.9 Å². The number of nitrogens with zero attached hydrogens (tertiary/aromatic N) is 1. The molecule has 1 aromatic rings. The van der Waals surface area contributed by atoms with Crippen LogP contribution in [-0.4, -0.2) is 43.2 Å². The van der Waals surface area contributed by atoms with Gasteiger partial charge in [-0.1, -0.05) is 109 Å². The van der Waals surface area contributed by atoms with Crippen LogP contribution in [-0.2, 0) is 4.79 Å². The lowest BCUT2D eigenvalue weighted by Crippen LogP contribution is -2.46. The van der Waals surface area contributed by atoms with Crippen LogP contribution in [0.2, 0.25) is 5.02 Å². The lowest BCUT2D eigenvalue weighted by Gasteiger charge is -2.35. The number of carbonyl (C=O) groups excluding carboxylic acids is 1. The van der Waals surface area contributed by atoms with Gasteiger partial charge in [-0.15, -0.1) is 0 Å². The van der Waals surface area contributed by atoms with Gasteiger partial charge in [0.15, 0.2) is 0 Å². The number of ether oxygens (including phenoxy) is 1. The van der Waals surface area contributed by atoms with Crippen LogP contribution in [0.5, 0.6) is 5.75 Å². The first kappa shape index (κ1) is 38.7. The number of carbonyl (C=O) groups is 1. The first-order valence-electron chi connectivity index (χ1n) is 16.7. The summed E-state index contributed by atoms with van der Waals surface area (Å²) in [7, 11) is 2.56. The highest BCUT2D eigenvalue weighted by Gasteiger charge is 2.20. The van der Waals surface area contributed by atoms with E-state index in [1.54, 1.807) is 25.1 Å². The van der Waals surface area contributed by atoms with Crippen molar-refractivity contribution in [2.45, 2.75) is 156 Å². The summed E-state index contributed by atoms with van der Waals surface area (Å²) in [5.74, 6) is -0.731. The highest BCUT2D eigenvalue weighted by molar-refractivity contribution is 6.30. The fraction of sp³-hybridized carbons (Fsp3) is 0.800. The molecular weight excluding hydrogens is 518 g/mol. The third-order valence-electron chi connectivity index (χ3n) is 7.93. The molecule has 0 aliphatic heterocycles. The molecule has 234 valence electrons. The summed E-state index contributed by atoms with van der Waals surface area (Å²) in [4.78, 5) is 10.4. The Kier molecular flexibility index (Phi) is 24.6. The molecule has 0 spiro atoms. The van der Waals surface area contributed by atoms with Crippen molar-refractivity contribution in [1.82, 2.24) is 0 Å². The van der Waals surface area contributed by atoms with E-state index >= 15 is 0 Å². The minimum absolute atomic E-state index is 0.506. The Bertz CT molecular complexity index is 699. The number of unbranched alkanes of at least 4 members (excludes halogenated alkanes) is 15. The van der Waals surface area contributed by atoms with Crippen LogP contribution in [0, 0.1) is 6.92 Å². The van der Waals surface area contributed by atoms with Crippen molar-refractivity contribution in [3.63, 3.8) is 0 Å². The maximum absolute atomic E-state index is 10.4. The molecule has 0 aliphatic carbocycles. The molecular formula is C35H64ClNO3. The minimum atomic E-state index is -1.24. The Morgan fingerprint density at radius 2 is 1.12 bits per heavy atom. The molecule has 40 heavy (non-hydrogen) atoms. The number of benzene rings is 1. The van der Waals surface area contributed by atoms with Gasteiger partial charge in [0.05, 0.1) is 32.7 Å². The average Bonchev–Trinajstić information content (AvgIpc) is 2.92. The van der Waals surface area contributed by atoms with Crippen molar-refractivity contribution in [3.8, 4) is 5.75 Å². The van der Waals surface area contributed by atoms with Crippen molar-refractivity contribution in [2.75, 3.05) is 26.7 Å². The predicted octanol–water partition coefficient (Wildman–Crippen LogP) is 9.68. The molecule has 0 heterocycles. The first-order chi connectivity index (χ1) is 19.2. The van der Waals surface area contributed by atoms with Crippen LogP contribution in [0.1, 0.15) is 149 Å². The van der Waals surface area contributed by atoms with E-state index in [0.29, 0.717) is 10.8 Å². The number of halogens is 1. The molecule has 0 radical (unpaired) electrons. The van der Waals surface area contributed by atoms with Crippen LogP contribution in [0.3, 0.4) is 0 Å². The lowest BCUT2D eigenvalue weighted by molar-refractivity contribution is -0.910. The summed E-state index contributed by atoms with van der Waals surface area (Å²) in [6.07, 6.45) is 24.9. The molecule has 1 unspecified atom stereocenters. The molecule has 0 bridgehead atoms. The third-order valence-corrected chi connectivity index (χ3v) is 8.16. The number of aryl methyl sites for hydroxylation is 1. The Morgan fingerprint density at radius 1 is 0.750 bits per heavy atom. The zero-order valence-corrected chi connectivity index (χ0v) is 28.0. The van der Waals surface area contributed by atoms with E-state index in [2.05, 4.69) is 27.8 Å². The number of quaternary nitrogens is 1. The van der Waals surface area contributed by atoms with E-state index < -0.39 is 12.1 Å². The summed E-state index contributed by atoms with van der Waals surface area (Å²) in [6.45, 7) is 14.4. The first-order valence-corrected chi connectivity index (χ1v) is 17.0. The highest BCUT2D eigenvalue weighted by Crippen LogP contribution is 2.22. The SMILES string of the molecule is CCCCCCCC[N+](C)(CCCCCCCC)CCCCCCCC.Cc1cc(Cl)ccc1OC(C)C(=O)[O-]. The number of carboxylic acid groups (broad SMARTS) is 1. The maximum Gasteiger partial charge on any atom is 0.135 e. The molecule has 0 fully saturated rings. The van der Waals surface area contributed by atoms with Crippen LogP contribution in [0.25, 0.3) is 0 Å². The van der Waals surface area contributed by atoms with E-state index in [1.165, 1.54) is 147 Å². The van der Waals surface area contributed by atoms with Gasteiger partial charge in [-0.3, -0.25) is 0 Å². The molecule has 4 nitrogen and oxygen atoms in total. The molecule has 0 amide bonds.